The fourth-order valence-corrected chi connectivity index (χ4v) is 2.50. The molecule has 2 heterocycles. The Labute approximate surface area is 110 Å². The van der Waals surface area contributed by atoms with E-state index in [0.29, 0.717) is 0 Å². The monoisotopic (exact) mass is 248 g/mol. The van der Waals surface area contributed by atoms with E-state index in [1.54, 1.807) is 0 Å². The first-order chi connectivity index (χ1) is 8.42. The van der Waals surface area contributed by atoms with Gasteiger partial charge in [-0.15, -0.1) is 0 Å². The van der Waals surface area contributed by atoms with Gasteiger partial charge < -0.3 is 10.6 Å². The van der Waals surface area contributed by atoms with Gasteiger partial charge in [0.05, 0.1) is 0 Å². The Morgan fingerprint density at radius 3 is 2.78 bits per heavy atom. The van der Waals surface area contributed by atoms with Crippen LogP contribution in [0.25, 0.3) is 0 Å². The molecule has 4 nitrogen and oxygen atoms in total. The maximum atomic E-state index is 6.18. The van der Waals surface area contributed by atoms with Crippen LogP contribution < -0.4 is 10.6 Å². The van der Waals surface area contributed by atoms with E-state index in [0.717, 1.165) is 43.3 Å². The normalized spacial score (nSPS) is 23.2. The largest absolute Gasteiger partial charge is 0.356 e. The Bertz CT molecular complexity index is 428. The summed E-state index contributed by atoms with van der Waals surface area (Å²) >= 11 is 0. The van der Waals surface area contributed by atoms with Crippen LogP contribution in [0.2, 0.25) is 0 Å². The molecule has 1 saturated heterocycles. The molecule has 0 spiro atoms. The number of nitrogens with zero attached hydrogens (tertiary/aromatic N) is 3. The lowest BCUT2D eigenvalue weighted by molar-refractivity contribution is 0.244. The highest BCUT2D eigenvalue weighted by Crippen LogP contribution is 2.30. The highest BCUT2D eigenvalue weighted by atomic mass is 15.2. The fraction of sp³-hybridized carbons (Fsp3) is 0.714. The summed E-state index contributed by atoms with van der Waals surface area (Å²) in [6, 6.07) is 2.36. The third kappa shape index (κ3) is 2.64. The lowest BCUT2D eigenvalue weighted by atomic mass is 9.80. The van der Waals surface area contributed by atoms with Crippen LogP contribution in [0.1, 0.15) is 38.7 Å². The van der Waals surface area contributed by atoms with Crippen LogP contribution in [0, 0.1) is 12.3 Å². The number of aromatic nitrogens is 2. The lowest BCUT2D eigenvalue weighted by Crippen LogP contribution is -2.52. The van der Waals surface area contributed by atoms with Crippen LogP contribution in [0.4, 0.5) is 5.82 Å². The highest BCUT2D eigenvalue weighted by Gasteiger charge is 2.34. The summed E-state index contributed by atoms with van der Waals surface area (Å²) in [5, 5.41) is 0. The van der Waals surface area contributed by atoms with Crippen molar-refractivity contribution in [3.63, 3.8) is 0 Å². The molecule has 1 aromatic heterocycles. The minimum Gasteiger partial charge on any atom is -0.356 e. The molecule has 1 atom stereocenters. The summed E-state index contributed by atoms with van der Waals surface area (Å²) in [5.74, 6) is 1.98. The van der Waals surface area contributed by atoms with Crippen LogP contribution >= 0.6 is 0 Å². The first-order valence-corrected chi connectivity index (χ1v) is 6.77. The van der Waals surface area contributed by atoms with Gasteiger partial charge in [-0.05, 0) is 18.8 Å². The Morgan fingerprint density at radius 2 is 2.17 bits per heavy atom. The predicted molar refractivity (Wildman–Crippen MR) is 74.7 cm³/mol. The van der Waals surface area contributed by atoms with Crippen molar-refractivity contribution in [2.24, 2.45) is 11.1 Å². The molecule has 100 valence electrons. The Morgan fingerprint density at radius 1 is 1.44 bits per heavy atom. The van der Waals surface area contributed by atoms with E-state index < -0.39 is 0 Å². The first-order valence-electron chi connectivity index (χ1n) is 6.77. The second-order valence-electron chi connectivity index (χ2n) is 5.94. The molecule has 0 aliphatic carbocycles. The number of aryl methyl sites for hydroxylation is 2. The molecular weight excluding hydrogens is 224 g/mol. The average Bonchev–Trinajstić information content (AvgIpc) is 2.31. The van der Waals surface area contributed by atoms with Crippen molar-refractivity contribution in [1.29, 1.82) is 0 Å². The Kier molecular flexibility index (Phi) is 3.57. The molecule has 1 aliphatic rings. The molecule has 1 unspecified atom stereocenters. The quantitative estimate of drug-likeness (QED) is 0.868. The topological polar surface area (TPSA) is 55.0 Å². The van der Waals surface area contributed by atoms with Crippen LogP contribution in [0.15, 0.2) is 6.07 Å². The van der Waals surface area contributed by atoms with Crippen molar-refractivity contribution in [3.05, 3.63) is 17.6 Å². The smallest absolute Gasteiger partial charge is 0.132 e. The average molecular weight is 248 g/mol. The summed E-state index contributed by atoms with van der Waals surface area (Å²) in [7, 11) is 0. The standard InChI is InChI=1S/C14H24N4/c1-5-12-16-10(2)8-13(17-12)18-7-6-11(15)14(3,4)9-18/h8,11H,5-7,9,15H2,1-4H3. The number of rotatable bonds is 2. The van der Waals surface area contributed by atoms with Gasteiger partial charge >= 0.3 is 0 Å². The second-order valence-corrected chi connectivity index (χ2v) is 5.94. The third-order valence-electron chi connectivity index (χ3n) is 3.84. The van der Waals surface area contributed by atoms with E-state index in [4.69, 9.17) is 5.73 Å². The Hall–Kier alpha value is -1.16. The molecule has 1 fully saturated rings. The molecule has 0 aromatic carbocycles. The molecule has 2 rings (SSSR count). The number of hydrogen-bond acceptors (Lipinski definition) is 4. The summed E-state index contributed by atoms with van der Waals surface area (Å²) in [5.41, 5.74) is 7.37. The van der Waals surface area contributed by atoms with Gasteiger partial charge in [0.2, 0.25) is 0 Å². The number of nitrogens with two attached hydrogens (primary N) is 1. The van der Waals surface area contributed by atoms with Gasteiger partial charge in [-0.25, -0.2) is 9.97 Å². The SMILES string of the molecule is CCc1nc(C)cc(N2CCC(N)C(C)(C)C2)n1. The summed E-state index contributed by atoms with van der Waals surface area (Å²) in [6.45, 7) is 10.6. The molecular formula is C14H24N4. The minimum atomic E-state index is 0.142. The van der Waals surface area contributed by atoms with E-state index in [9.17, 15) is 0 Å². The molecule has 1 aromatic rings. The van der Waals surface area contributed by atoms with Gasteiger partial charge in [0.1, 0.15) is 11.6 Å². The van der Waals surface area contributed by atoms with Crippen molar-refractivity contribution in [2.45, 2.75) is 46.6 Å². The maximum Gasteiger partial charge on any atom is 0.132 e. The van der Waals surface area contributed by atoms with Gasteiger partial charge in [-0.2, -0.15) is 0 Å². The molecule has 18 heavy (non-hydrogen) atoms. The second kappa shape index (κ2) is 4.84. The van der Waals surface area contributed by atoms with Gasteiger partial charge in [-0.1, -0.05) is 20.8 Å². The van der Waals surface area contributed by atoms with Gasteiger partial charge in [0, 0.05) is 37.3 Å². The molecule has 0 saturated carbocycles. The van der Waals surface area contributed by atoms with Gasteiger partial charge in [0.25, 0.3) is 0 Å². The van der Waals surface area contributed by atoms with E-state index in [1.165, 1.54) is 0 Å². The molecule has 2 N–H and O–H groups in total. The zero-order valence-electron chi connectivity index (χ0n) is 11.9. The summed E-state index contributed by atoms with van der Waals surface area (Å²) < 4.78 is 0. The van der Waals surface area contributed by atoms with Crippen molar-refractivity contribution in [2.75, 3.05) is 18.0 Å². The van der Waals surface area contributed by atoms with Crippen LogP contribution in [-0.2, 0) is 6.42 Å². The van der Waals surface area contributed by atoms with Crippen molar-refractivity contribution < 1.29 is 0 Å². The van der Waals surface area contributed by atoms with E-state index in [-0.39, 0.29) is 11.5 Å². The zero-order chi connectivity index (χ0) is 13.3. The summed E-state index contributed by atoms with van der Waals surface area (Å²) in [4.78, 5) is 11.4. The zero-order valence-corrected chi connectivity index (χ0v) is 11.9. The molecule has 0 bridgehead atoms. The fourth-order valence-electron chi connectivity index (χ4n) is 2.50. The van der Waals surface area contributed by atoms with Crippen LogP contribution in [-0.4, -0.2) is 29.1 Å². The molecule has 0 amide bonds. The number of piperidine rings is 1. The van der Waals surface area contributed by atoms with Gasteiger partial charge in [0.15, 0.2) is 0 Å². The van der Waals surface area contributed by atoms with E-state index in [2.05, 4.69) is 41.7 Å². The summed E-state index contributed by atoms with van der Waals surface area (Å²) in [6.07, 6.45) is 1.91. The van der Waals surface area contributed by atoms with E-state index >= 15 is 0 Å². The molecule has 1 aliphatic heterocycles. The molecule has 4 heteroatoms. The number of hydrogen-bond donors (Lipinski definition) is 1. The van der Waals surface area contributed by atoms with Crippen LogP contribution in [0.3, 0.4) is 0 Å². The number of anilines is 1. The molecule has 0 radical (unpaired) electrons. The highest BCUT2D eigenvalue weighted by molar-refractivity contribution is 5.41. The van der Waals surface area contributed by atoms with Crippen LogP contribution in [0.5, 0.6) is 0 Å². The third-order valence-corrected chi connectivity index (χ3v) is 3.84. The predicted octanol–water partition coefficient (Wildman–Crippen LogP) is 1.91. The minimum absolute atomic E-state index is 0.142. The van der Waals surface area contributed by atoms with Crippen molar-refractivity contribution in [3.8, 4) is 0 Å². The van der Waals surface area contributed by atoms with E-state index in [1.807, 2.05) is 6.92 Å². The van der Waals surface area contributed by atoms with Crippen molar-refractivity contribution in [1.82, 2.24) is 9.97 Å². The Balaban J connectivity index is 2.24. The lowest BCUT2D eigenvalue weighted by Gasteiger charge is -2.43. The first kappa shape index (κ1) is 13.3. The van der Waals surface area contributed by atoms with Gasteiger partial charge in [-0.3, -0.25) is 0 Å². The maximum absolute atomic E-state index is 6.18. The van der Waals surface area contributed by atoms with Crippen molar-refractivity contribution >= 4 is 5.82 Å².